The lowest BCUT2D eigenvalue weighted by Crippen LogP contribution is -1.79. The average molecular weight is 261 g/mol. The number of rotatable bonds is 0. The summed E-state index contributed by atoms with van der Waals surface area (Å²) in [5.41, 5.74) is 0.707. The van der Waals surface area contributed by atoms with Gasteiger partial charge in [-0.1, -0.05) is 0 Å². The van der Waals surface area contributed by atoms with Crippen LogP contribution < -0.4 is 0 Å². The largest absolute Gasteiger partial charge is 0.192 e. The molecule has 1 nitrogen and oxygen atoms in total. The van der Waals surface area contributed by atoms with Crippen LogP contribution in [0.25, 0.3) is 0 Å². The van der Waals surface area contributed by atoms with E-state index in [1.54, 1.807) is 6.07 Å². The molecule has 0 spiro atoms. The molecule has 10 heavy (non-hydrogen) atoms. The Morgan fingerprint density at radius 3 is 2.70 bits per heavy atom. The van der Waals surface area contributed by atoms with Crippen molar-refractivity contribution in [1.29, 1.82) is 5.26 Å². The number of thiol groups is 1. The quantitative estimate of drug-likeness (QED) is 0.563. The molecule has 1 aromatic rings. The molecule has 0 fully saturated rings. The first-order valence-electron chi connectivity index (χ1n) is 2.62. The molecule has 0 radical (unpaired) electrons. The van der Waals surface area contributed by atoms with Crippen LogP contribution in [0.1, 0.15) is 5.56 Å². The van der Waals surface area contributed by atoms with Crippen molar-refractivity contribution < 1.29 is 0 Å². The summed E-state index contributed by atoms with van der Waals surface area (Å²) >= 11 is 6.24. The minimum Gasteiger partial charge on any atom is -0.192 e. The van der Waals surface area contributed by atoms with Crippen LogP contribution in [-0.2, 0) is 0 Å². The smallest absolute Gasteiger partial charge is 0.100 e. The lowest BCUT2D eigenvalue weighted by atomic mass is 10.2. The van der Waals surface area contributed by atoms with E-state index in [9.17, 15) is 0 Å². The van der Waals surface area contributed by atoms with Crippen molar-refractivity contribution in [3.8, 4) is 6.07 Å². The Hall–Kier alpha value is -0.210. The highest BCUT2D eigenvalue weighted by molar-refractivity contribution is 14.1. The molecule has 3 heteroatoms. The summed E-state index contributed by atoms with van der Waals surface area (Å²) in [6.07, 6.45) is 0. The van der Waals surface area contributed by atoms with Crippen molar-refractivity contribution in [2.24, 2.45) is 0 Å². The molecule has 0 amide bonds. The van der Waals surface area contributed by atoms with E-state index in [2.05, 4.69) is 41.3 Å². The molecule has 0 aromatic heterocycles. The number of nitrogens with zero attached hydrogens (tertiary/aromatic N) is 1. The maximum absolute atomic E-state index is 8.53. The molecule has 1 aromatic carbocycles. The second-order valence-electron chi connectivity index (χ2n) is 1.78. The summed E-state index contributed by atoms with van der Waals surface area (Å²) < 4.78 is 0.951. The van der Waals surface area contributed by atoms with E-state index in [1.165, 1.54) is 0 Å². The van der Waals surface area contributed by atoms with E-state index in [0.717, 1.165) is 8.47 Å². The number of hydrogen-bond donors (Lipinski definition) is 1. The van der Waals surface area contributed by atoms with E-state index in [4.69, 9.17) is 5.26 Å². The molecule has 0 aliphatic heterocycles. The summed E-state index contributed by atoms with van der Waals surface area (Å²) in [4.78, 5) is 0.892. The molecule has 0 unspecified atom stereocenters. The van der Waals surface area contributed by atoms with Crippen LogP contribution in [0.2, 0.25) is 0 Å². The highest BCUT2D eigenvalue weighted by Gasteiger charge is 1.96. The normalized spacial score (nSPS) is 8.90. The molecule has 0 saturated carbocycles. The first-order valence-corrected chi connectivity index (χ1v) is 4.15. The van der Waals surface area contributed by atoms with Gasteiger partial charge in [-0.25, -0.2) is 0 Å². The van der Waals surface area contributed by atoms with Crippen molar-refractivity contribution in [1.82, 2.24) is 0 Å². The molecule has 0 heterocycles. The summed E-state index contributed by atoms with van der Waals surface area (Å²) in [5.74, 6) is 0. The molecule has 50 valence electrons. The maximum atomic E-state index is 8.53. The number of benzene rings is 1. The zero-order chi connectivity index (χ0) is 7.56. The van der Waals surface area contributed by atoms with Crippen LogP contribution in [0.5, 0.6) is 0 Å². The summed E-state index contributed by atoms with van der Waals surface area (Å²) in [6, 6.07) is 7.52. The molecule has 0 aliphatic carbocycles. The Kier molecular flexibility index (Phi) is 2.57. The van der Waals surface area contributed by atoms with Crippen molar-refractivity contribution in [3.63, 3.8) is 0 Å². The van der Waals surface area contributed by atoms with Crippen LogP contribution in [0.3, 0.4) is 0 Å². The van der Waals surface area contributed by atoms with Crippen molar-refractivity contribution in [2.45, 2.75) is 4.90 Å². The zero-order valence-electron chi connectivity index (χ0n) is 5.00. The average Bonchev–Trinajstić information content (AvgIpc) is 1.88. The molecule has 0 bridgehead atoms. The summed E-state index contributed by atoms with van der Waals surface area (Å²) in [7, 11) is 0. The first-order chi connectivity index (χ1) is 4.74. The van der Waals surface area contributed by atoms with Crippen molar-refractivity contribution in [2.75, 3.05) is 0 Å². The van der Waals surface area contributed by atoms with Gasteiger partial charge in [0.05, 0.1) is 5.56 Å². The van der Waals surface area contributed by atoms with Gasteiger partial charge in [0.15, 0.2) is 0 Å². The molecular formula is C7H4INS. The lowest BCUT2D eigenvalue weighted by Gasteiger charge is -1.93. The topological polar surface area (TPSA) is 23.8 Å². The molecule has 1 rings (SSSR count). The SMILES string of the molecule is N#Cc1ccc(S)cc1I. The third-order valence-corrected chi connectivity index (χ3v) is 2.24. The monoisotopic (exact) mass is 261 g/mol. The van der Waals surface area contributed by atoms with Crippen molar-refractivity contribution in [3.05, 3.63) is 27.3 Å². The highest BCUT2D eigenvalue weighted by Crippen LogP contribution is 2.15. The van der Waals surface area contributed by atoms with E-state index < -0.39 is 0 Å². The Balaban J connectivity index is 3.23. The highest BCUT2D eigenvalue weighted by atomic mass is 127. The van der Waals surface area contributed by atoms with Gasteiger partial charge in [-0.15, -0.1) is 12.6 Å². The Morgan fingerprint density at radius 2 is 2.20 bits per heavy atom. The van der Waals surface area contributed by atoms with Crippen LogP contribution in [0.15, 0.2) is 23.1 Å². The summed E-state index contributed by atoms with van der Waals surface area (Å²) in [6.45, 7) is 0. The minimum atomic E-state index is 0.707. The standard InChI is InChI=1S/C7H4INS/c8-7-3-6(10)2-1-5(7)4-9/h1-3,10H. The number of nitriles is 1. The van der Waals surface area contributed by atoms with Crippen LogP contribution >= 0.6 is 35.2 Å². The van der Waals surface area contributed by atoms with E-state index >= 15 is 0 Å². The second-order valence-corrected chi connectivity index (χ2v) is 3.45. The molecule has 0 N–H and O–H groups in total. The third kappa shape index (κ3) is 1.64. The Labute approximate surface area is 78.6 Å². The minimum absolute atomic E-state index is 0.707. The fourth-order valence-electron chi connectivity index (χ4n) is 0.595. The molecule has 0 atom stereocenters. The van der Waals surface area contributed by atoms with Gasteiger partial charge in [0.1, 0.15) is 6.07 Å². The van der Waals surface area contributed by atoms with E-state index in [1.807, 2.05) is 12.1 Å². The molecular weight excluding hydrogens is 257 g/mol. The molecule has 0 saturated heterocycles. The predicted octanol–water partition coefficient (Wildman–Crippen LogP) is 2.45. The Bertz CT molecular complexity index is 290. The van der Waals surface area contributed by atoms with Gasteiger partial charge in [0.2, 0.25) is 0 Å². The van der Waals surface area contributed by atoms with Crippen LogP contribution in [-0.4, -0.2) is 0 Å². The third-order valence-electron chi connectivity index (χ3n) is 1.07. The van der Waals surface area contributed by atoms with Crippen LogP contribution in [0, 0.1) is 14.9 Å². The van der Waals surface area contributed by atoms with Gasteiger partial charge < -0.3 is 0 Å². The number of halogens is 1. The van der Waals surface area contributed by atoms with E-state index in [-0.39, 0.29) is 0 Å². The van der Waals surface area contributed by atoms with Gasteiger partial charge >= 0.3 is 0 Å². The van der Waals surface area contributed by atoms with Gasteiger partial charge in [-0.3, -0.25) is 0 Å². The van der Waals surface area contributed by atoms with Crippen molar-refractivity contribution >= 4 is 35.2 Å². The van der Waals surface area contributed by atoms with E-state index in [0.29, 0.717) is 5.56 Å². The summed E-state index contributed by atoms with van der Waals surface area (Å²) in [5, 5.41) is 8.53. The van der Waals surface area contributed by atoms with Gasteiger partial charge in [-0.2, -0.15) is 5.26 Å². The fraction of sp³-hybridized carbons (Fsp3) is 0. The first kappa shape index (κ1) is 7.89. The van der Waals surface area contributed by atoms with Gasteiger partial charge in [0.25, 0.3) is 0 Å². The predicted molar refractivity (Wildman–Crippen MR) is 51.1 cm³/mol. The van der Waals surface area contributed by atoms with Gasteiger partial charge in [0, 0.05) is 8.47 Å². The Morgan fingerprint density at radius 1 is 1.50 bits per heavy atom. The number of hydrogen-bond acceptors (Lipinski definition) is 2. The zero-order valence-corrected chi connectivity index (χ0v) is 8.06. The maximum Gasteiger partial charge on any atom is 0.100 e. The molecule has 0 aliphatic rings. The van der Waals surface area contributed by atoms with Crippen LogP contribution in [0.4, 0.5) is 0 Å². The lowest BCUT2D eigenvalue weighted by molar-refractivity contribution is 1.39. The fourth-order valence-corrected chi connectivity index (χ4v) is 1.68. The second kappa shape index (κ2) is 3.26. The van der Waals surface area contributed by atoms with Gasteiger partial charge in [-0.05, 0) is 40.8 Å².